The topological polar surface area (TPSA) is 186 Å². The molecule has 6 unspecified atom stereocenters. The number of carbonyl (C=O) groups is 4. The molecular weight excluding hydrogens is 817 g/mol. The minimum atomic E-state index is -3.90. The van der Waals surface area contributed by atoms with E-state index in [4.69, 9.17) is 19.4 Å². The highest BCUT2D eigenvalue weighted by Gasteiger charge is 2.62. The number of nitrogens with zero attached hydrogens (tertiary/aromatic N) is 3. The van der Waals surface area contributed by atoms with E-state index in [0.29, 0.717) is 48.4 Å². The summed E-state index contributed by atoms with van der Waals surface area (Å²) in [5.41, 5.74) is 1.54. The van der Waals surface area contributed by atoms with Crippen LogP contribution in [-0.4, -0.2) is 89.5 Å². The number of aromatic nitrogens is 2. The molecule has 4 amide bonds. The molecule has 61 heavy (non-hydrogen) atoms. The summed E-state index contributed by atoms with van der Waals surface area (Å²) in [4.78, 5) is 68.2. The van der Waals surface area contributed by atoms with E-state index in [1.54, 1.807) is 7.11 Å². The van der Waals surface area contributed by atoms with Gasteiger partial charge in [-0.05, 0) is 69.4 Å². The Kier molecular flexibility index (Phi) is 13.4. The second-order valence-corrected chi connectivity index (χ2v) is 20.6. The number of hydrogen-bond donors (Lipinski definition) is 3. The number of amides is 4. The average Bonchev–Trinajstić information content (AvgIpc) is 4.09. The van der Waals surface area contributed by atoms with Gasteiger partial charge in [-0.2, -0.15) is 0 Å². The Morgan fingerprint density at radius 2 is 1.87 bits per heavy atom. The minimum absolute atomic E-state index is 0.0250. The zero-order chi connectivity index (χ0) is 43.6. The number of fused-ring (bicyclic) bond motifs is 3. The van der Waals surface area contributed by atoms with Crippen molar-refractivity contribution in [2.75, 3.05) is 13.7 Å². The Bertz CT molecular complexity index is 2290. The number of aryl methyl sites for hydroxylation is 1. The molecule has 16 heteroatoms. The number of pyridine rings is 1. The van der Waals surface area contributed by atoms with Gasteiger partial charge in [-0.25, -0.2) is 18.4 Å². The molecule has 3 fully saturated rings. The van der Waals surface area contributed by atoms with Gasteiger partial charge in [0.25, 0.3) is 5.91 Å². The molecule has 14 nitrogen and oxygen atoms in total. The summed E-state index contributed by atoms with van der Waals surface area (Å²) in [6.45, 7) is 10.2. The summed E-state index contributed by atoms with van der Waals surface area (Å²) < 4.78 is 40.7. The van der Waals surface area contributed by atoms with Gasteiger partial charge in [0.2, 0.25) is 27.7 Å². The highest BCUT2D eigenvalue weighted by molar-refractivity contribution is 7.91. The van der Waals surface area contributed by atoms with E-state index in [9.17, 15) is 27.6 Å². The Balaban J connectivity index is 1.24. The van der Waals surface area contributed by atoms with Crippen LogP contribution >= 0.6 is 11.3 Å². The second-order valence-electron chi connectivity index (χ2n) is 17.7. The third-order valence-corrected chi connectivity index (χ3v) is 15.2. The minimum Gasteiger partial charge on any atom is -0.496 e. The molecule has 330 valence electrons. The molecule has 2 aliphatic heterocycles. The van der Waals surface area contributed by atoms with Gasteiger partial charge in [-0.3, -0.25) is 23.9 Å². The van der Waals surface area contributed by atoms with Crippen LogP contribution < -0.4 is 24.8 Å². The summed E-state index contributed by atoms with van der Waals surface area (Å²) in [6.07, 6.45) is 9.95. The van der Waals surface area contributed by atoms with E-state index < -0.39 is 62.6 Å². The molecule has 3 N–H and O–H groups in total. The molecule has 0 radical (unpaired) electrons. The number of carbonyl (C=O) groups excluding carboxylic acids is 4. The third kappa shape index (κ3) is 9.90. The van der Waals surface area contributed by atoms with Crippen LogP contribution in [0.25, 0.3) is 21.6 Å². The molecule has 1 aromatic carbocycles. The quantitative estimate of drug-likeness (QED) is 0.161. The smallest absolute Gasteiger partial charge is 0.259 e. The van der Waals surface area contributed by atoms with Crippen molar-refractivity contribution in [3.8, 4) is 22.2 Å². The van der Waals surface area contributed by atoms with Crippen molar-refractivity contribution >= 4 is 55.9 Å². The molecule has 2 aliphatic carbocycles. The van der Waals surface area contributed by atoms with E-state index in [1.807, 2.05) is 49.6 Å². The molecule has 2 aromatic heterocycles. The molecule has 6 atom stereocenters. The number of methoxy groups -OCH3 is 1. The first kappa shape index (κ1) is 44.5. The first-order chi connectivity index (χ1) is 29.1. The Hall–Kier alpha value is -4.57. The predicted octanol–water partition coefficient (Wildman–Crippen LogP) is 6.46. The largest absolute Gasteiger partial charge is 0.496 e. The van der Waals surface area contributed by atoms with Gasteiger partial charge in [-0.15, -0.1) is 11.3 Å². The van der Waals surface area contributed by atoms with Crippen molar-refractivity contribution in [3.63, 3.8) is 0 Å². The summed E-state index contributed by atoms with van der Waals surface area (Å²) in [7, 11) is -2.30. The van der Waals surface area contributed by atoms with Crippen LogP contribution in [0.15, 0.2) is 35.7 Å². The molecule has 0 bridgehead atoms. The molecule has 7 rings (SSSR count). The second kappa shape index (κ2) is 18.4. The Labute approximate surface area is 363 Å². The van der Waals surface area contributed by atoms with Gasteiger partial charge in [0.1, 0.15) is 45.9 Å². The predicted molar refractivity (Wildman–Crippen MR) is 235 cm³/mol. The van der Waals surface area contributed by atoms with Gasteiger partial charge < -0.3 is 25.0 Å². The number of rotatable bonds is 13. The van der Waals surface area contributed by atoms with Crippen LogP contribution in [0.1, 0.15) is 122 Å². The molecule has 4 heterocycles. The average molecular weight is 877 g/mol. The van der Waals surface area contributed by atoms with Crippen LogP contribution in [0, 0.1) is 18.8 Å². The van der Waals surface area contributed by atoms with E-state index in [-0.39, 0.29) is 43.6 Å². The Morgan fingerprint density at radius 1 is 1.08 bits per heavy atom. The highest BCUT2D eigenvalue weighted by Crippen LogP contribution is 2.46. The zero-order valence-corrected chi connectivity index (χ0v) is 37.8. The standard InChI is InChI=1S/C45H60N6O8S2/c1-7-13-27(4)20-39(52)46-33-15-12-10-8-9-11-14-29-23-45(29,44(55)50-61(56,57)31-16-17-31)49-41(53)36-21-30(24-51(36)43(33)54)59-38-22-34(42-48-35(25-60-42)26(2)3)47-40-28(5)37(58-6)19-18-32(38)40/h11,14,18-19,22,25-27,29-31,33,36H,7-10,12-13,15-17,20-21,23-24H2,1-6H3,(H,46,52)(H,49,53)(H,50,55). The molecule has 3 aromatic rings. The maximum Gasteiger partial charge on any atom is 0.259 e. The van der Waals surface area contributed by atoms with Crippen molar-refractivity contribution in [1.29, 1.82) is 0 Å². The molecule has 2 saturated carbocycles. The number of ether oxygens (including phenoxy) is 2. The lowest BCUT2D eigenvalue weighted by atomic mass is 10.0. The van der Waals surface area contributed by atoms with Crippen molar-refractivity contribution < 1.29 is 37.1 Å². The van der Waals surface area contributed by atoms with Crippen LogP contribution in [0.5, 0.6) is 11.5 Å². The monoisotopic (exact) mass is 876 g/mol. The SMILES string of the molecule is CCCC(C)CC(=O)NC1CCCCCC=CC2CC2(C(=O)NS(=O)(=O)C2CC2)NC(=O)C2CC(Oc3cc(-c4nc(C(C)C)cs4)nc4c(C)c(OC)ccc34)CN2C1=O. The van der Waals surface area contributed by atoms with Gasteiger partial charge >= 0.3 is 0 Å². The van der Waals surface area contributed by atoms with E-state index in [0.717, 1.165) is 53.8 Å². The summed E-state index contributed by atoms with van der Waals surface area (Å²) in [6, 6.07) is 3.61. The van der Waals surface area contributed by atoms with Gasteiger partial charge in [0, 0.05) is 41.2 Å². The zero-order valence-electron chi connectivity index (χ0n) is 36.1. The third-order valence-electron chi connectivity index (χ3n) is 12.5. The number of thiazole rings is 1. The van der Waals surface area contributed by atoms with Gasteiger partial charge in [0.05, 0.1) is 30.1 Å². The molecular formula is C45H60N6O8S2. The fourth-order valence-corrected chi connectivity index (χ4v) is 11.0. The van der Waals surface area contributed by atoms with Crippen molar-refractivity contribution in [2.24, 2.45) is 11.8 Å². The number of sulfonamides is 1. The molecule has 0 spiro atoms. The first-order valence-corrected chi connectivity index (χ1v) is 24.3. The lowest BCUT2D eigenvalue weighted by molar-refractivity contribution is -0.142. The van der Waals surface area contributed by atoms with E-state index in [1.165, 1.54) is 16.2 Å². The van der Waals surface area contributed by atoms with Crippen molar-refractivity contribution in [3.05, 3.63) is 47.0 Å². The van der Waals surface area contributed by atoms with Gasteiger partial charge in [0.15, 0.2) is 0 Å². The Morgan fingerprint density at radius 3 is 2.57 bits per heavy atom. The molecule has 4 aliphatic rings. The van der Waals surface area contributed by atoms with Crippen LogP contribution in [-0.2, 0) is 29.2 Å². The van der Waals surface area contributed by atoms with Crippen molar-refractivity contribution in [1.82, 2.24) is 30.2 Å². The number of hydrogen-bond acceptors (Lipinski definition) is 11. The maximum absolute atomic E-state index is 14.8. The number of nitrogens with one attached hydrogen (secondary N) is 3. The number of allylic oxidation sites excluding steroid dienone is 1. The van der Waals surface area contributed by atoms with Crippen molar-refractivity contribution in [2.45, 2.75) is 147 Å². The molecule has 1 saturated heterocycles. The lowest BCUT2D eigenvalue weighted by Crippen LogP contribution is -2.58. The van der Waals surface area contributed by atoms with Gasteiger partial charge in [-0.1, -0.05) is 65.5 Å². The maximum atomic E-state index is 14.8. The number of benzene rings is 1. The van der Waals surface area contributed by atoms with E-state index >= 15 is 0 Å². The van der Waals surface area contributed by atoms with E-state index in [2.05, 4.69) is 36.1 Å². The van der Waals surface area contributed by atoms with Crippen LogP contribution in [0.3, 0.4) is 0 Å². The fourth-order valence-electron chi connectivity index (χ4n) is 8.67. The fraction of sp³-hybridized carbons (Fsp3) is 0.600. The van der Waals surface area contributed by atoms with Crippen LogP contribution in [0.2, 0.25) is 0 Å². The lowest BCUT2D eigenvalue weighted by Gasteiger charge is -2.30. The highest BCUT2D eigenvalue weighted by atomic mass is 32.2. The summed E-state index contributed by atoms with van der Waals surface area (Å²) >= 11 is 1.49. The summed E-state index contributed by atoms with van der Waals surface area (Å²) in [5.74, 6) is -0.882. The normalized spacial score (nSPS) is 25.2. The summed E-state index contributed by atoms with van der Waals surface area (Å²) in [5, 5.41) is 8.81. The first-order valence-electron chi connectivity index (χ1n) is 21.9. The van der Waals surface area contributed by atoms with Crippen LogP contribution in [0.4, 0.5) is 0 Å².